The fraction of sp³-hybridized carbons (Fsp3) is 0.417. The van der Waals surface area contributed by atoms with Crippen LogP contribution in [0.15, 0.2) is 22.4 Å². The summed E-state index contributed by atoms with van der Waals surface area (Å²) in [5.74, 6) is 1.14. The van der Waals surface area contributed by atoms with E-state index in [1.165, 1.54) is 9.77 Å². The number of rotatable bonds is 1. The van der Waals surface area contributed by atoms with Gasteiger partial charge in [-0.1, -0.05) is 6.08 Å². The summed E-state index contributed by atoms with van der Waals surface area (Å²) in [6.07, 6.45) is 5.32. The minimum absolute atomic E-state index is 0.865. The van der Waals surface area contributed by atoms with Gasteiger partial charge in [-0.3, -0.25) is 4.79 Å². The van der Waals surface area contributed by atoms with Crippen molar-refractivity contribution in [3.05, 3.63) is 22.4 Å². The zero-order valence-corrected chi connectivity index (χ0v) is 11.2. The largest absolute Gasteiger partial charge is 0.343 e. The molecule has 3 rings (SSSR count). The lowest BCUT2D eigenvalue weighted by Gasteiger charge is -2.22. The third-order valence-electron chi connectivity index (χ3n) is 2.56. The fourth-order valence-electron chi connectivity index (χ4n) is 1.63. The van der Waals surface area contributed by atoms with Crippen LogP contribution in [-0.4, -0.2) is 43.2 Å². The minimum atomic E-state index is 0.865. The SMILES string of the molecule is C1=Cc2sccc2SC1.O=CN1CCNCC1. The van der Waals surface area contributed by atoms with E-state index in [4.69, 9.17) is 0 Å². The predicted molar refractivity (Wildman–Crippen MR) is 74.6 cm³/mol. The maximum Gasteiger partial charge on any atom is 0.209 e. The first-order valence-corrected chi connectivity index (χ1v) is 7.53. The molecule has 17 heavy (non-hydrogen) atoms. The second kappa shape index (κ2) is 6.83. The summed E-state index contributed by atoms with van der Waals surface area (Å²) in [4.78, 5) is 14.7. The highest BCUT2D eigenvalue weighted by Crippen LogP contribution is 2.31. The van der Waals surface area contributed by atoms with Crippen molar-refractivity contribution in [3.8, 4) is 0 Å². The van der Waals surface area contributed by atoms with E-state index in [0.717, 1.165) is 38.3 Å². The van der Waals surface area contributed by atoms with Crippen molar-refractivity contribution in [2.45, 2.75) is 4.90 Å². The van der Waals surface area contributed by atoms with Crippen molar-refractivity contribution >= 4 is 35.6 Å². The molecule has 3 nitrogen and oxygen atoms in total. The van der Waals surface area contributed by atoms with E-state index in [1.54, 1.807) is 4.90 Å². The summed E-state index contributed by atoms with van der Waals surface area (Å²) >= 11 is 3.74. The zero-order chi connectivity index (χ0) is 11.9. The number of hydrogen-bond acceptors (Lipinski definition) is 4. The second-order valence-corrected chi connectivity index (χ2v) is 5.76. The Balaban J connectivity index is 0.000000128. The van der Waals surface area contributed by atoms with Gasteiger partial charge in [0.2, 0.25) is 6.41 Å². The number of carbonyl (C=O) groups is 1. The van der Waals surface area contributed by atoms with Crippen molar-refractivity contribution in [1.29, 1.82) is 0 Å². The number of piperazine rings is 1. The van der Waals surface area contributed by atoms with Crippen molar-refractivity contribution < 1.29 is 4.79 Å². The molecule has 0 aliphatic carbocycles. The predicted octanol–water partition coefficient (Wildman–Crippen LogP) is 1.91. The van der Waals surface area contributed by atoms with Crippen LogP contribution in [0.2, 0.25) is 0 Å². The Labute approximate surface area is 110 Å². The van der Waals surface area contributed by atoms with E-state index in [0.29, 0.717) is 0 Å². The van der Waals surface area contributed by atoms with E-state index >= 15 is 0 Å². The van der Waals surface area contributed by atoms with Gasteiger partial charge >= 0.3 is 0 Å². The summed E-state index contributed by atoms with van der Waals surface area (Å²) in [6, 6.07) is 2.19. The summed E-state index contributed by atoms with van der Waals surface area (Å²) < 4.78 is 0. The second-order valence-electron chi connectivity index (χ2n) is 3.75. The highest BCUT2D eigenvalue weighted by Gasteiger charge is 2.04. The number of thioether (sulfide) groups is 1. The third-order valence-corrected chi connectivity index (χ3v) is 4.60. The zero-order valence-electron chi connectivity index (χ0n) is 9.59. The van der Waals surface area contributed by atoms with Gasteiger partial charge in [0.05, 0.1) is 0 Å². The Kier molecular flexibility index (Phi) is 5.09. The smallest absolute Gasteiger partial charge is 0.209 e. The molecular weight excluding hydrogens is 252 g/mol. The first kappa shape index (κ1) is 12.7. The van der Waals surface area contributed by atoms with Crippen LogP contribution in [0.4, 0.5) is 0 Å². The lowest BCUT2D eigenvalue weighted by molar-refractivity contribution is -0.118. The molecule has 1 aromatic rings. The van der Waals surface area contributed by atoms with Crippen LogP contribution in [0.5, 0.6) is 0 Å². The molecule has 3 heterocycles. The van der Waals surface area contributed by atoms with Gasteiger partial charge < -0.3 is 10.2 Å². The van der Waals surface area contributed by atoms with E-state index in [9.17, 15) is 4.79 Å². The van der Waals surface area contributed by atoms with Crippen LogP contribution in [0, 0.1) is 0 Å². The van der Waals surface area contributed by atoms with Gasteiger partial charge in [0.1, 0.15) is 0 Å². The van der Waals surface area contributed by atoms with Crippen molar-refractivity contribution in [2.24, 2.45) is 0 Å². The number of amides is 1. The number of hydrogen-bond donors (Lipinski definition) is 1. The van der Waals surface area contributed by atoms with Gasteiger partial charge in [-0.2, -0.15) is 0 Å². The van der Waals surface area contributed by atoms with Crippen LogP contribution in [0.1, 0.15) is 4.88 Å². The van der Waals surface area contributed by atoms with Crippen LogP contribution < -0.4 is 5.32 Å². The van der Waals surface area contributed by atoms with Gasteiger partial charge in [0.15, 0.2) is 0 Å². The van der Waals surface area contributed by atoms with Gasteiger partial charge in [-0.25, -0.2) is 0 Å². The van der Waals surface area contributed by atoms with Crippen LogP contribution in [-0.2, 0) is 4.79 Å². The first-order chi connectivity index (χ1) is 8.40. The Bertz CT molecular complexity index is 384. The summed E-state index contributed by atoms with van der Waals surface area (Å²) in [5.41, 5.74) is 0. The molecule has 0 atom stereocenters. The molecule has 0 unspecified atom stereocenters. The minimum Gasteiger partial charge on any atom is -0.343 e. The maximum absolute atomic E-state index is 10.1. The summed E-state index contributed by atoms with van der Waals surface area (Å²) in [6.45, 7) is 3.62. The van der Waals surface area contributed by atoms with Crippen LogP contribution in [0.25, 0.3) is 6.08 Å². The molecule has 5 heteroatoms. The van der Waals surface area contributed by atoms with E-state index in [2.05, 4.69) is 28.9 Å². The average Bonchev–Trinajstić information content (AvgIpc) is 2.89. The Morgan fingerprint density at radius 1 is 1.35 bits per heavy atom. The first-order valence-electron chi connectivity index (χ1n) is 5.67. The molecule has 1 saturated heterocycles. The molecule has 0 saturated carbocycles. The summed E-state index contributed by atoms with van der Waals surface area (Å²) in [5, 5.41) is 5.29. The van der Waals surface area contributed by atoms with E-state index in [1.807, 2.05) is 23.1 Å². The normalized spacial score (nSPS) is 18.0. The molecule has 2 aliphatic heterocycles. The molecule has 1 aromatic heterocycles. The third kappa shape index (κ3) is 3.87. The molecule has 0 spiro atoms. The number of nitrogens with zero attached hydrogens (tertiary/aromatic N) is 1. The van der Waals surface area contributed by atoms with Crippen LogP contribution >= 0.6 is 23.1 Å². The highest BCUT2D eigenvalue weighted by atomic mass is 32.2. The Morgan fingerprint density at radius 2 is 2.18 bits per heavy atom. The quantitative estimate of drug-likeness (QED) is 0.790. The molecule has 0 bridgehead atoms. The lowest BCUT2D eigenvalue weighted by atomic mass is 10.4. The topological polar surface area (TPSA) is 32.3 Å². The van der Waals surface area contributed by atoms with Gasteiger partial charge in [-0.15, -0.1) is 23.1 Å². The maximum atomic E-state index is 10.1. The fourth-order valence-corrected chi connectivity index (χ4v) is 3.49. The standard InChI is InChI=1S/C7H6S2.C5H10N2O/c1-2-6-7(8-4-1)3-5-9-6;8-5-7-3-1-6-2-4-7/h1-3,5H,4H2;5-6H,1-4H2. The molecule has 0 aromatic carbocycles. The molecule has 92 valence electrons. The molecular formula is C12H16N2OS2. The highest BCUT2D eigenvalue weighted by molar-refractivity contribution is 7.99. The van der Waals surface area contributed by atoms with Crippen molar-refractivity contribution in [2.75, 3.05) is 31.9 Å². The monoisotopic (exact) mass is 268 g/mol. The molecule has 1 amide bonds. The number of thiophene rings is 1. The van der Waals surface area contributed by atoms with E-state index in [-0.39, 0.29) is 0 Å². The number of nitrogens with one attached hydrogen (secondary N) is 1. The lowest BCUT2D eigenvalue weighted by Crippen LogP contribution is -2.42. The molecule has 1 fully saturated rings. The number of carbonyl (C=O) groups excluding carboxylic acids is 1. The number of fused-ring (bicyclic) bond motifs is 1. The molecule has 2 aliphatic rings. The summed E-state index contributed by atoms with van der Waals surface area (Å²) in [7, 11) is 0. The van der Waals surface area contributed by atoms with Gasteiger partial charge in [0, 0.05) is 41.7 Å². The van der Waals surface area contributed by atoms with Gasteiger partial charge in [-0.05, 0) is 17.5 Å². The van der Waals surface area contributed by atoms with Crippen LogP contribution in [0.3, 0.4) is 0 Å². The van der Waals surface area contributed by atoms with E-state index < -0.39 is 0 Å². The Hall–Kier alpha value is -0.780. The molecule has 1 N–H and O–H groups in total. The van der Waals surface area contributed by atoms with Crippen molar-refractivity contribution in [1.82, 2.24) is 10.2 Å². The Morgan fingerprint density at radius 3 is 2.82 bits per heavy atom. The molecule has 0 radical (unpaired) electrons. The van der Waals surface area contributed by atoms with Crippen molar-refractivity contribution in [3.63, 3.8) is 0 Å². The van der Waals surface area contributed by atoms with Gasteiger partial charge in [0.25, 0.3) is 0 Å². The average molecular weight is 268 g/mol.